The lowest BCUT2D eigenvalue weighted by atomic mass is 10.1. The fourth-order valence-electron chi connectivity index (χ4n) is 2.42. The number of nitriles is 1. The molecule has 0 radical (unpaired) electrons. The smallest absolute Gasteiger partial charge is 0.265 e. The topological polar surface area (TPSA) is 83.3 Å². The molecule has 0 bridgehead atoms. The van der Waals surface area contributed by atoms with E-state index in [0.29, 0.717) is 36.5 Å². The Kier molecular flexibility index (Phi) is 7.14. The van der Waals surface area contributed by atoms with Crippen LogP contribution in [0.4, 0.5) is 5.82 Å². The number of halogens is 1. The molecule has 1 aromatic heterocycles. The standard InChI is InChI=1S/C18H20BrN3O3S/c1-14-11-17(7-5-15(14)12-20)26(23,24)22(9-3-4-10-25-2)18-8-6-16(19)13-21-18/h5-8,11,13H,3-4,9-10H2,1-2H3. The van der Waals surface area contributed by atoms with Gasteiger partial charge in [0.2, 0.25) is 0 Å². The molecule has 0 atom stereocenters. The van der Waals surface area contributed by atoms with Crippen LogP contribution in [0.2, 0.25) is 0 Å². The number of aromatic nitrogens is 1. The highest BCUT2D eigenvalue weighted by Gasteiger charge is 2.26. The van der Waals surface area contributed by atoms with E-state index in [2.05, 4.69) is 20.9 Å². The second-order valence-electron chi connectivity index (χ2n) is 5.70. The van der Waals surface area contributed by atoms with E-state index in [4.69, 9.17) is 10.00 Å². The summed E-state index contributed by atoms with van der Waals surface area (Å²) in [6, 6.07) is 9.98. The van der Waals surface area contributed by atoms with Gasteiger partial charge < -0.3 is 4.74 Å². The lowest BCUT2D eigenvalue weighted by Gasteiger charge is -2.24. The summed E-state index contributed by atoms with van der Waals surface area (Å²) in [5.74, 6) is 0.354. The van der Waals surface area contributed by atoms with Gasteiger partial charge in [0, 0.05) is 30.9 Å². The molecule has 1 heterocycles. The van der Waals surface area contributed by atoms with Crippen molar-refractivity contribution < 1.29 is 13.2 Å². The average Bonchev–Trinajstić information content (AvgIpc) is 2.62. The first-order valence-corrected chi connectivity index (χ1v) is 10.3. The minimum absolute atomic E-state index is 0.144. The number of unbranched alkanes of at least 4 members (excludes halogenated alkanes) is 1. The second kappa shape index (κ2) is 9.12. The van der Waals surface area contributed by atoms with Crippen molar-refractivity contribution in [3.63, 3.8) is 0 Å². The fourth-order valence-corrected chi connectivity index (χ4v) is 4.20. The van der Waals surface area contributed by atoms with Crippen molar-refractivity contribution in [3.05, 3.63) is 52.1 Å². The number of sulfonamides is 1. The molecule has 0 unspecified atom stereocenters. The van der Waals surface area contributed by atoms with Crippen LogP contribution in [0.1, 0.15) is 24.0 Å². The van der Waals surface area contributed by atoms with Crippen LogP contribution < -0.4 is 4.31 Å². The molecule has 26 heavy (non-hydrogen) atoms. The summed E-state index contributed by atoms with van der Waals surface area (Å²) >= 11 is 3.31. The van der Waals surface area contributed by atoms with Gasteiger partial charge in [-0.15, -0.1) is 0 Å². The normalized spacial score (nSPS) is 11.2. The molecule has 0 aliphatic carbocycles. The summed E-state index contributed by atoms with van der Waals surface area (Å²) < 4.78 is 33.5. The maximum absolute atomic E-state index is 13.2. The zero-order valence-corrected chi connectivity index (χ0v) is 17.0. The first-order valence-electron chi connectivity index (χ1n) is 8.04. The number of aryl methyl sites for hydroxylation is 1. The van der Waals surface area contributed by atoms with Gasteiger partial charge >= 0.3 is 0 Å². The number of hydrogen-bond donors (Lipinski definition) is 0. The summed E-state index contributed by atoms with van der Waals surface area (Å²) in [4.78, 5) is 4.39. The zero-order chi connectivity index (χ0) is 19.2. The van der Waals surface area contributed by atoms with E-state index in [1.54, 1.807) is 32.4 Å². The summed E-state index contributed by atoms with van der Waals surface area (Å²) in [6.45, 7) is 2.58. The molecular formula is C18H20BrN3O3S. The predicted molar refractivity (Wildman–Crippen MR) is 103 cm³/mol. The Morgan fingerprint density at radius 3 is 2.62 bits per heavy atom. The Bertz CT molecular complexity index is 893. The van der Waals surface area contributed by atoms with Gasteiger partial charge in [-0.2, -0.15) is 5.26 Å². The molecule has 0 saturated heterocycles. The van der Waals surface area contributed by atoms with E-state index >= 15 is 0 Å². The minimum Gasteiger partial charge on any atom is -0.385 e. The van der Waals surface area contributed by atoms with Crippen LogP contribution >= 0.6 is 15.9 Å². The van der Waals surface area contributed by atoms with Gasteiger partial charge in [0.1, 0.15) is 5.82 Å². The van der Waals surface area contributed by atoms with Crippen LogP contribution in [0.25, 0.3) is 0 Å². The predicted octanol–water partition coefficient (Wildman–Crippen LogP) is 3.65. The highest BCUT2D eigenvalue weighted by atomic mass is 79.9. The molecule has 2 aromatic rings. The number of pyridine rings is 1. The van der Waals surface area contributed by atoms with Crippen molar-refractivity contribution in [2.24, 2.45) is 0 Å². The van der Waals surface area contributed by atoms with Gasteiger partial charge in [0.05, 0.1) is 16.5 Å². The highest BCUT2D eigenvalue weighted by molar-refractivity contribution is 9.10. The van der Waals surface area contributed by atoms with Crippen molar-refractivity contribution in [2.45, 2.75) is 24.7 Å². The molecule has 0 saturated carbocycles. The maximum atomic E-state index is 13.2. The average molecular weight is 438 g/mol. The summed E-state index contributed by atoms with van der Waals surface area (Å²) in [5, 5.41) is 9.06. The third kappa shape index (κ3) is 4.81. The Hall–Kier alpha value is -1.95. The lowest BCUT2D eigenvalue weighted by molar-refractivity contribution is 0.193. The Morgan fingerprint density at radius 2 is 2.04 bits per heavy atom. The third-order valence-electron chi connectivity index (χ3n) is 3.83. The number of rotatable bonds is 8. The number of anilines is 1. The van der Waals surface area contributed by atoms with E-state index in [9.17, 15) is 8.42 Å². The van der Waals surface area contributed by atoms with Crippen LogP contribution in [0, 0.1) is 18.3 Å². The molecular weight excluding hydrogens is 418 g/mol. The largest absolute Gasteiger partial charge is 0.385 e. The number of methoxy groups -OCH3 is 1. The molecule has 0 spiro atoms. The molecule has 0 aliphatic rings. The van der Waals surface area contributed by atoms with Crippen molar-refractivity contribution in [1.82, 2.24) is 4.98 Å². The molecule has 0 aliphatic heterocycles. The lowest BCUT2D eigenvalue weighted by Crippen LogP contribution is -2.33. The maximum Gasteiger partial charge on any atom is 0.265 e. The van der Waals surface area contributed by atoms with E-state index in [1.165, 1.54) is 22.5 Å². The highest BCUT2D eigenvalue weighted by Crippen LogP contribution is 2.25. The summed E-state index contributed by atoms with van der Waals surface area (Å²) in [7, 11) is -2.18. The number of ether oxygens (including phenoxy) is 1. The molecule has 2 rings (SSSR count). The van der Waals surface area contributed by atoms with Crippen molar-refractivity contribution in [1.29, 1.82) is 5.26 Å². The van der Waals surface area contributed by atoms with Gasteiger partial charge in [-0.05, 0) is 71.6 Å². The summed E-state index contributed by atoms with van der Waals surface area (Å²) in [6.07, 6.45) is 2.95. The Labute approximate surface area is 162 Å². The molecule has 0 N–H and O–H groups in total. The fraction of sp³-hybridized carbons (Fsp3) is 0.333. The van der Waals surface area contributed by atoms with E-state index in [0.717, 1.165) is 10.9 Å². The number of hydrogen-bond acceptors (Lipinski definition) is 5. The zero-order valence-electron chi connectivity index (χ0n) is 14.6. The van der Waals surface area contributed by atoms with Crippen molar-refractivity contribution in [2.75, 3.05) is 24.6 Å². The second-order valence-corrected chi connectivity index (χ2v) is 8.48. The molecule has 0 fully saturated rings. The monoisotopic (exact) mass is 437 g/mol. The van der Waals surface area contributed by atoms with E-state index in [1.807, 2.05) is 6.07 Å². The van der Waals surface area contributed by atoms with Gasteiger partial charge in [-0.3, -0.25) is 0 Å². The molecule has 8 heteroatoms. The van der Waals surface area contributed by atoms with Crippen LogP contribution in [-0.2, 0) is 14.8 Å². The quantitative estimate of drug-likeness (QED) is 0.588. The number of benzene rings is 1. The third-order valence-corrected chi connectivity index (χ3v) is 6.10. The van der Waals surface area contributed by atoms with Gasteiger partial charge in [-0.25, -0.2) is 17.7 Å². The van der Waals surface area contributed by atoms with Crippen LogP contribution in [0.5, 0.6) is 0 Å². The molecule has 0 amide bonds. The van der Waals surface area contributed by atoms with Crippen LogP contribution in [0.3, 0.4) is 0 Å². The molecule has 1 aromatic carbocycles. The first-order chi connectivity index (χ1) is 12.4. The Balaban J connectivity index is 2.40. The SMILES string of the molecule is COCCCCN(c1ccc(Br)cn1)S(=O)(=O)c1ccc(C#N)c(C)c1. The van der Waals surface area contributed by atoms with E-state index in [-0.39, 0.29) is 4.90 Å². The van der Waals surface area contributed by atoms with Gasteiger partial charge in [0.25, 0.3) is 10.0 Å². The van der Waals surface area contributed by atoms with Crippen molar-refractivity contribution in [3.8, 4) is 6.07 Å². The van der Waals surface area contributed by atoms with Crippen LogP contribution in [0.15, 0.2) is 45.9 Å². The molecule has 6 nitrogen and oxygen atoms in total. The van der Waals surface area contributed by atoms with Crippen LogP contribution in [-0.4, -0.2) is 33.7 Å². The summed E-state index contributed by atoms with van der Waals surface area (Å²) in [5.41, 5.74) is 1.08. The minimum atomic E-state index is -3.80. The van der Waals surface area contributed by atoms with Gasteiger partial charge in [0.15, 0.2) is 0 Å². The van der Waals surface area contributed by atoms with Gasteiger partial charge in [-0.1, -0.05) is 0 Å². The number of nitrogens with zero attached hydrogens (tertiary/aromatic N) is 3. The van der Waals surface area contributed by atoms with Crippen molar-refractivity contribution >= 4 is 31.8 Å². The first kappa shape index (κ1) is 20.4. The molecule has 138 valence electrons. The van der Waals surface area contributed by atoms with E-state index < -0.39 is 10.0 Å². The Morgan fingerprint density at radius 1 is 1.27 bits per heavy atom.